The van der Waals surface area contributed by atoms with Crippen molar-refractivity contribution < 1.29 is 41.9 Å². The molecule has 2 saturated heterocycles. The van der Waals surface area contributed by atoms with E-state index in [2.05, 4.69) is 55.8 Å². The average Bonchev–Trinajstić information content (AvgIpc) is 3.80. The summed E-state index contributed by atoms with van der Waals surface area (Å²) in [4.78, 5) is 49.8. The fraction of sp³-hybridized carbons (Fsp3) is 0.408. The van der Waals surface area contributed by atoms with Crippen LogP contribution in [0.4, 0.5) is 16.2 Å². The van der Waals surface area contributed by atoms with E-state index < -0.39 is 37.5 Å². The van der Waals surface area contributed by atoms with Crippen molar-refractivity contribution in [1.82, 2.24) is 24.9 Å². The number of nitrogens with one attached hydrogen (secondary N) is 3. The minimum Gasteiger partial charge on any atom is -0.493 e. The quantitative estimate of drug-likeness (QED) is 0.0751. The Kier molecular flexibility index (Phi) is 13.6. The van der Waals surface area contributed by atoms with Gasteiger partial charge >= 0.3 is 6.09 Å². The number of carbonyl (C=O) groups excluding carboxylic acids is 2. The van der Waals surface area contributed by atoms with Gasteiger partial charge in [-0.2, -0.15) is 0 Å². The molecule has 9 rings (SSSR count). The molecule has 4 aliphatic rings. The standard InChI is InChI=1S/C49H54ClN7O10S/c1-49(2)13-9-34(42(26-49)32-3-5-35(50)6-4-32)29-55-15-17-56(18-16-55)36-7-8-40(45(23-36)66-38-22-33-10-14-51-46(33)52-28-38)47(58)54-68(62,63)39-24-43(57(60)61)41-21-31(30-65-44(41)25-39)27-53-48(59)67-37-11-19-64-20-12-37/h3-8,10,14,22-25,28,31,37H,9,11-13,15-21,26-27,29-30H2,1-2H3,(H,51,52)(H,53,59)(H,54,58)/t31-/m0/s1. The highest BCUT2D eigenvalue weighted by Crippen LogP contribution is 2.44. The SMILES string of the molecule is CC1(C)CCC(CN2CCN(c3ccc(C(=O)NS(=O)(=O)c4cc5c(c([N+](=O)[O-])c4)C[C@@H](CNC(=O)OC4CCOCC4)CO5)c(Oc4cnc5[nH]ccc5c4)c3)CC2)=C(c2ccc(Cl)cc2)C1. The van der Waals surface area contributed by atoms with E-state index in [-0.39, 0.29) is 59.6 Å². The molecule has 358 valence electrons. The zero-order valence-corrected chi connectivity index (χ0v) is 39.5. The molecule has 2 amide bonds. The number of nitro benzene ring substituents is 1. The second kappa shape index (κ2) is 19.8. The average molecular weight is 969 g/mol. The highest BCUT2D eigenvalue weighted by Gasteiger charge is 2.34. The molecule has 1 atom stereocenters. The van der Waals surface area contributed by atoms with Gasteiger partial charge in [0.25, 0.3) is 21.6 Å². The number of nitrogens with zero attached hydrogens (tertiary/aromatic N) is 4. The largest absolute Gasteiger partial charge is 0.493 e. The van der Waals surface area contributed by atoms with Crippen LogP contribution < -0.4 is 24.4 Å². The van der Waals surface area contributed by atoms with Crippen LogP contribution in [0, 0.1) is 21.4 Å². The minimum absolute atomic E-state index is 0.00408. The van der Waals surface area contributed by atoms with Crippen LogP contribution in [0.25, 0.3) is 16.6 Å². The summed E-state index contributed by atoms with van der Waals surface area (Å²) < 4.78 is 53.0. The van der Waals surface area contributed by atoms with Crippen LogP contribution in [-0.2, 0) is 25.9 Å². The van der Waals surface area contributed by atoms with E-state index in [0.717, 1.165) is 61.1 Å². The van der Waals surface area contributed by atoms with Crippen LogP contribution in [0.1, 0.15) is 67.4 Å². The Morgan fingerprint density at radius 1 is 1.03 bits per heavy atom. The number of aromatic amines is 1. The summed E-state index contributed by atoms with van der Waals surface area (Å²) in [6.07, 6.45) is 6.87. The van der Waals surface area contributed by atoms with Gasteiger partial charge in [-0.25, -0.2) is 22.9 Å². The summed E-state index contributed by atoms with van der Waals surface area (Å²) >= 11 is 6.25. The predicted octanol–water partition coefficient (Wildman–Crippen LogP) is 8.28. The second-order valence-corrected chi connectivity index (χ2v) is 20.8. The summed E-state index contributed by atoms with van der Waals surface area (Å²) in [5, 5.41) is 16.6. The number of H-pyrrole nitrogens is 1. The van der Waals surface area contributed by atoms with Crippen molar-refractivity contribution in [3.63, 3.8) is 0 Å². The lowest BCUT2D eigenvalue weighted by Gasteiger charge is -2.39. The van der Waals surface area contributed by atoms with Crippen molar-refractivity contribution in [3.8, 4) is 17.2 Å². The first-order valence-electron chi connectivity index (χ1n) is 22.9. The summed E-state index contributed by atoms with van der Waals surface area (Å²) in [6, 6.07) is 18.8. The number of carbonyl (C=O) groups is 2. The van der Waals surface area contributed by atoms with E-state index in [0.29, 0.717) is 50.5 Å². The first-order chi connectivity index (χ1) is 32.7. The number of aromatic nitrogens is 2. The van der Waals surface area contributed by atoms with Gasteiger partial charge in [-0.1, -0.05) is 43.2 Å². The van der Waals surface area contributed by atoms with Gasteiger partial charge in [0.2, 0.25) is 0 Å². The van der Waals surface area contributed by atoms with Gasteiger partial charge in [0.15, 0.2) is 0 Å². The number of pyridine rings is 1. The summed E-state index contributed by atoms with van der Waals surface area (Å²) in [5.74, 6) is -0.954. The number of rotatable bonds is 13. The molecule has 17 nitrogen and oxygen atoms in total. The first-order valence-corrected chi connectivity index (χ1v) is 24.8. The molecule has 5 heterocycles. The predicted molar refractivity (Wildman–Crippen MR) is 256 cm³/mol. The van der Waals surface area contributed by atoms with Crippen molar-refractivity contribution in [2.75, 3.05) is 64.0 Å². The van der Waals surface area contributed by atoms with E-state index in [9.17, 15) is 28.1 Å². The number of allylic oxidation sites excluding steroid dienone is 1. The number of amides is 2. The molecule has 0 saturated carbocycles. The smallest absolute Gasteiger partial charge is 0.407 e. The molecular formula is C49H54ClN7O10S. The van der Waals surface area contributed by atoms with Crippen molar-refractivity contribution in [1.29, 1.82) is 0 Å². The van der Waals surface area contributed by atoms with Gasteiger partial charge in [-0.15, -0.1) is 0 Å². The van der Waals surface area contributed by atoms with Crippen LogP contribution in [0.3, 0.4) is 0 Å². The Bertz CT molecular complexity index is 2860. The van der Waals surface area contributed by atoms with Gasteiger partial charge in [-0.05, 0) is 78.6 Å². The van der Waals surface area contributed by atoms with Gasteiger partial charge in [-0.3, -0.25) is 19.8 Å². The number of anilines is 1. The van der Waals surface area contributed by atoms with E-state index in [4.69, 9.17) is 30.5 Å². The Morgan fingerprint density at radius 2 is 1.81 bits per heavy atom. The van der Waals surface area contributed by atoms with Crippen molar-refractivity contribution in [2.45, 2.75) is 63.4 Å². The minimum atomic E-state index is -4.70. The highest BCUT2D eigenvalue weighted by atomic mass is 35.5. The second-order valence-electron chi connectivity index (χ2n) is 18.7. The number of halogens is 1. The summed E-state index contributed by atoms with van der Waals surface area (Å²) in [5.41, 5.74) is 5.30. The normalized spacial score (nSPS) is 18.9. The zero-order chi connectivity index (χ0) is 47.6. The molecule has 0 bridgehead atoms. The topological polar surface area (TPSA) is 208 Å². The lowest BCUT2D eigenvalue weighted by molar-refractivity contribution is -0.386. The molecular weight excluding hydrogens is 914 g/mol. The van der Waals surface area contributed by atoms with E-state index in [1.54, 1.807) is 24.4 Å². The molecule has 2 aromatic heterocycles. The Labute approximate surface area is 399 Å². The first kappa shape index (κ1) is 46.9. The Hall–Kier alpha value is -6.21. The lowest BCUT2D eigenvalue weighted by atomic mass is 9.72. The van der Waals surface area contributed by atoms with Gasteiger partial charge in [0.1, 0.15) is 29.0 Å². The zero-order valence-electron chi connectivity index (χ0n) is 37.9. The molecule has 68 heavy (non-hydrogen) atoms. The molecule has 19 heteroatoms. The molecule has 0 radical (unpaired) electrons. The number of alkyl carbamates (subject to hydrolysis) is 1. The van der Waals surface area contributed by atoms with E-state index >= 15 is 0 Å². The number of ether oxygens (including phenoxy) is 4. The fourth-order valence-electron chi connectivity index (χ4n) is 9.37. The molecule has 3 aromatic carbocycles. The maximum absolute atomic E-state index is 14.1. The summed E-state index contributed by atoms with van der Waals surface area (Å²) in [6.45, 7) is 9.69. The third-order valence-electron chi connectivity index (χ3n) is 13.2. The van der Waals surface area contributed by atoms with E-state index in [1.165, 1.54) is 35.0 Å². The number of hydrogen-bond acceptors (Lipinski definition) is 13. The van der Waals surface area contributed by atoms with Crippen molar-refractivity contribution in [2.24, 2.45) is 11.3 Å². The number of nitro groups is 1. The number of sulfonamides is 1. The Balaban J connectivity index is 0.909. The number of benzene rings is 3. The van der Waals surface area contributed by atoms with Crippen LogP contribution in [0.5, 0.6) is 17.2 Å². The monoisotopic (exact) mass is 967 g/mol. The van der Waals surface area contributed by atoms with Gasteiger partial charge in [0.05, 0.1) is 47.0 Å². The van der Waals surface area contributed by atoms with E-state index in [1.807, 2.05) is 18.2 Å². The maximum Gasteiger partial charge on any atom is 0.407 e. The Morgan fingerprint density at radius 3 is 2.57 bits per heavy atom. The molecule has 3 aliphatic heterocycles. The van der Waals surface area contributed by atoms with Crippen LogP contribution in [0.2, 0.25) is 5.02 Å². The molecule has 3 N–H and O–H groups in total. The highest BCUT2D eigenvalue weighted by molar-refractivity contribution is 7.90. The van der Waals surface area contributed by atoms with Crippen molar-refractivity contribution >= 4 is 61.6 Å². The molecule has 0 spiro atoms. The lowest BCUT2D eigenvalue weighted by Crippen LogP contribution is -2.47. The third kappa shape index (κ3) is 10.9. The number of hydrogen-bond donors (Lipinski definition) is 3. The van der Waals surface area contributed by atoms with Crippen LogP contribution in [-0.4, -0.2) is 105 Å². The third-order valence-corrected chi connectivity index (χ3v) is 14.7. The fourth-order valence-corrected chi connectivity index (χ4v) is 10.5. The molecule has 0 unspecified atom stereocenters. The van der Waals surface area contributed by atoms with Crippen molar-refractivity contribution in [3.05, 3.63) is 117 Å². The van der Waals surface area contributed by atoms with Gasteiger partial charge < -0.3 is 34.1 Å². The van der Waals surface area contributed by atoms with Crippen LogP contribution >= 0.6 is 11.6 Å². The summed E-state index contributed by atoms with van der Waals surface area (Å²) in [7, 11) is -4.70. The van der Waals surface area contributed by atoms with Gasteiger partial charge in [0, 0.05) is 98.5 Å². The number of fused-ring (bicyclic) bond motifs is 2. The number of piperazine rings is 1. The maximum atomic E-state index is 14.1. The molecule has 2 fully saturated rings. The van der Waals surface area contributed by atoms with Crippen LogP contribution in [0.15, 0.2) is 89.6 Å². The molecule has 1 aliphatic carbocycles. The molecule has 5 aromatic rings.